The molecule has 1 aromatic rings. The molecule has 0 aromatic carbocycles. The number of carbonyl (C=O) groups is 1. The zero-order valence-corrected chi connectivity index (χ0v) is 12.3. The van der Waals surface area contributed by atoms with E-state index in [0.29, 0.717) is 11.7 Å². The second-order valence-corrected chi connectivity index (χ2v) is 5.40. The van der Waals surface area contributed by atoms with Gasteiger partial charge in [0.1, 0.15) is 0 Å². The summed E-state index contributed by atoms with van der Waals surface area (Å²) in [7, 11) is 0. The molecule has 1 aliphatic rings. The first-order valence-corrected chi connectivity index (χ1v) is 7.50. The summed E-state index contributed by atoms with van der Waals surface area (Å²) in [6.07, 6.45) is 5.50. The fourth-order valence-corrected chi connectivity index (χ4v) is 2.57. The number of piperidine rings is 1. The Bertz CT molecular complexity index is 359. The third-order valence-corrected chi connectivity index (χ3v) is 3.51. The molecule has 0 unspecified atom stereocenters. The van der Waals surface area contributed by atoms with Crippen molar-refractivity contribution < 1.29 is 4.79 Å². The minimum atomic E-state index is 0.0521. The quantitative estimate of drug-likeness (QED) is 0.917. The van der Waals surface area contributed by atoms with Gasteiger partial charge >= 0.3 is 0 Å². The van der Waals surface area contributed by atoms with Crippen molar-refractivity contribution >= 4 is 22.4 Å². The summed E-state index contributed by atoms with van der Waals surface area (Å²) in [6.45, 7) is 8.57. The summed E-state index contributed by atoms with van der Waals surface area (Å²) < 4.78 is 0. The van der Waals surface area contributed by atoms with Crippen LogP contribution in [0.15, 0.2) is 6.20 Å². The maximum atomic E-state index is 11.7. The Balaban J connectivity index is 0.000000771. The van der Waals surface area contributed by atoms with Crippen molar-refractivity contribution in [1.82, 2.24) is 9.88 Å². The summed E-state index contributed by atoms with van der Waals surface area (Å²) in [5.41, 5.74) is 0. The lowest BCUT2D eigenvalue weighted by atomic mass is 10.1. The molecule has 18 heavy (non-hydrogen) atoms. The number of amides is 1. The van der Waals surface area contributed by atoms with Gasteiger partial charge < -0.3 is 5.32 Å². The summed E-state index contributed by atoms with van der Waals surface area (Å²) in [6, 6.07) is 0. The van der Waals surface area contributed by atoms with Crippen LogP contribution in [-0.4, -0.2) is 35.4 Å². The van der Waals surface area contributed by atoms with Crippen LogP contribution in [0.3, 0.4) is 0 Å². The molecule has 0 aliphatic carbocycles. The number of rotatable bonds is 3. The fourth-order valence-electron chi connectivity index (χ4n) is 1.89. The first-order chi connectivity index (χ1) is 8.74. The zero-order chi connectivity index (χ0) is 13.4. The van der Waals surface area contributed by atoms with Crippen molar-refractivity contribution in [2.45, 2.75) is 40.0 Å². The number of aryl methyl sites for hydroxylation is 1. The molecule has 0 saturated carbocycles. The smallest absolute Gasteiger partial charge is 0.240 e. The standard InChI is InChI=1S/C11H17N3OS.C2H6/c1-9-7-12-11(16-9)13-10(15)8-14-5-3-2-4-6-14;1-2/h7H,2-6,8H2,1H3,(H,12,13,15);1-2H3. The highest BCUT2D eigenvalue weighted by Gasteiger charge is 2.14. The van der Waals surface area contributed by atoms with Crippen LogP contribution < -0.4 is 5.32 Å². The monoisotopic (exact) mass is 269 g/mol. The largest absolute Gasteiger partial charge is 0.301 e. The Labute approximate surface area is 113 Å². The van der Waals surface area contributed by atoms with Crippen LogP contribution in [0, 0.1) is 6.92 Å². The number of hydrogen-bond donors (Lipinski definition) is 1. The van der Waals surface area contributed by atoms with Crippen LogP contribution in [0.2, 0.25) is 0 Å². The topological polar surface area (TPSA) is 45.2 Å². The normalized spacial score (nSPS) is 15.7. The molecule has 0 atom stereocenters. The molecule has 1 amide bonds. The van der Waals surface area contributed by atoms with E-state index in [1.54, 1.807) is 6.20 Å². The number of hydrogen-bond acceptors (Lipinski definition) is 4. The van der Waals surface area contributed by atoms with E-state index in [-0.39, 0.29) is 5.91 Å². The van der Waals surface area contributed by atoms with E-state index in [0.717, 1.165) is 18.0 Å². The zero-order valence-electron chi connectivity index (χ0n) is 11.5. The summed E-state index contributed by atoms with van der Waals surface area (Å²) >= 11 is 1.52. The first-order valence-electron chi connectivity index (χ1n) is 6.69. The van der Waals surface area contributed by atoms with Crippen molar-refractivity contribution in [1.29, 1.82) is 0 Å². The Hall–Kier alpha value is -0.940. The highest BCUT2D eigenvalue weighted by atomic mass is 32.1. The summed E-state index contributed by atoms with van der Waals surface area (Å²) in [5, 5.41) is 3.54. The second-order valence-electron chi connectivity index (χ2n) is 4.16. The minimum absolute atomic E-state index is 0.0521. The molecule has 1 saturated heterocycles. The molecular formula is C13H23N3OS. The van der Waals surface area contributed by atoms with Gasteiger partial charge in [0.2, 0.25) is 5.91 Å². The van der Waals surface area contributed by atoms with Gasteiger partial charge in [-0.1, -0.05) is 20.3 Å². The van der Waals surface area contributed by atoms with Gasteiger partial charge in [0.05, 0.1) is 6.54 Å². The van der Waals surface area contributed by atoms with Gasteiger partial charge in [-0.25, -0.2) is 4.98 Å². The van der Waals surface area contributed by atoms with Crippen LogP contribution >= 0.6 is 11.3 Å². The van der Waals surface area contributed by atoms with Gasteiger partial charge in [-0.3, -0.25) is 9.69 Å². The average molecular weight is 269 g/mol. The molecule has 2 rings (SSSR count). The second kappa shape index (κ2) is 8.21. The van der Waals surface area contributed by atoms with E-state index in [4.69, 9.17) is 0 Å². The molecule has 1 aliphatic heterocycles. The number of nitrogens with one attached hydrogen (secondary N) is 1. The van der Waals surface area contributed by atoms with Crippen molar-refractivity contribution in [2.24, 2.45) is 0 Å². The molecule has 4 nitrogen and oxygen atoms in total. The van der Waals surface area contributed by atoms with Crippen LogP contribution in [0.1, 0.15) is 38.0 Å². The highest BCUT2D eigenvalue weighted by molar-refractivity contribution is 7.15. The van der Waals surface area contributed by atoms with Crippen molar-refractivity contribution in [3.63, 3.8) is 0 Å². The molecular weight excluding hydrogens is 246 g/mol. The number of aromatic nitrogens is 1. The maximum Gasteiger partial charge on any atom is 0.240 e. The maximum absolute atomic E-state index is 11.7. The lowest BCUT2D eigenvalue weighted by Gasteiger charge is -2.25. The third kappa shape index (κ3) is 5.14. The predicted octanol–water partition coefficient (Wildman–Crippen LogP) is 2.90. The molecule has 102 valence electrons. The van der Waals surface area contributed by atoms with Crippen LogP contribution in [0.25, 0.3) is 0 Å². The molecule has 0 spiro atoms. The van der Waals surface area contributed by atoms with Crippen molar-refractivity contribution in [3.8, 4) is 0 Å². The molecule has 1 aromatic heterocycles. The van der Waals surface area contributed by atoms with E-state index in [2.05, 4.69) is 15.2 Å². The fraction of sp³-hybridized carbons (Fsp3) is 0.692. The summed E-state index contributed by atoms with van der Waals surface area (Å²) in [4.78, 5) is 19.1. The number of anilines is 1. The SMILES string of the molecule is CC.Cc1cnc(NC(=O)CN2CCCCC2)s1. The van der Waals surface area contributed by atoms with Gasteiger partial charge in [0.15, 0.2) is 5.13 Å². The number of nitrogens with zero attached hydrogens (tertiary/aromatic N) is 2. The van der Waals surface area contributed by atoms with E-state index in [1.165, 1.54) is 30.6 Å². The lowest BCUT2D eigenvalue weighted by Crippen LogP contribution is -2.36. The Morgan fingerprint density at radius 1 is 1.39 bits per heavy atom. The van der Waals surface area contributed by atoms with Crippen LogP contribution in [0.5, 0.6) is 0 Å². The van der Waals surface area contributed by atoms with E-state index < -0.39 is 0 Å². The molecule has 0 bridgehead atoms. The third-order valence-electron chi connectivity index (χ3n) is 2.68. The van der Waals surface area contributed by atoms with Gasteiger partial charge in [-0.2, -0.15) is 0 Å². The molecule has 0 radical (unpaired) electrons. The Morgan fingerprint density at radius 2 is 2.06 bits per heavy atom. The number of likely N-dealkylation sites (tertiary alicyclic amines) is 1. The van der Waals surface area contributed by atoms with Gasteiger partial charge in [0, 0.05) is 11.1 Å². The van der Waals surface area contributed by atoms with Crippen LogP contribution in [0.4, 0.5) is 5.13 Å². The lowest BCUT2D eigenvalue weighted by molar-refractivity contribution is -0.117. The highest BCUT2D eigenvalue weighted by Crippen LogP contribution is 2.16. The Morgan fingerprint density at radius 3 is 2.61 bits per heavy atom. The molecule has 1 N–H and O–H groups in total. The van der Waals surface area contributed by atoms with Gasteiger partial charge in [-0.15, -0.1) is 11.3 Å². The van der Waals surface area contributed by atoms with Crippen LogP contribution in [-0.2, 0) is 4.79 Å². The Kier molecular flexibility index (Phi) is 6.90. The minimum Gasteiger partial charge on any atom is -0.301 e. The van der Waals surface area contributed by atoms with Crippen molar-refractivity contribution in [3.05, 3.63) is 11.1 Å². The van der Waals surface area contributed by atoms with Gasteiger partial charge in [-0.05, 0) is 32.9 Å². The van der Waals surface area contributed by atoms with E-state index in [1.807, 2.05) is 20.8 Å². The molecule has 5 heteroatoms. The van der Waals surface area contributed by atoms with Crippen molar-refractivity contribution in [2.75, 3.05) is 25.0 Å². The first kappa shape index (κ1) is 15.1. The molecule has 2 heterocycles. The molecule has 1 fully saturated rings. The van der Waals surface area contributed by atoms with Gasteiger partial charge in [0.25, 0.3) is 0 Å². The van der Waals surface area contributed by atoms with E-state index in [9.17, 15) is 4.79 Å². The average Bonchev–Trinajstić information content (AvgIpc) is 2.78. The number of carbonyl (C=O) groups excluding carboxylic acids is 1. The summed E-state index contributed by atoms with van der Waals surface area (Å²) in [5.74, 6) is 0.0521. The number of thiazole rings is 1. The van der Waals surface area contributed by atoms with E-state index >= 15 is 0 Å². The predicted molar refractivity (Wildman–Crippen MR) is 77.1 cm³/mol.